The molecular formula is C15H19BrClN3O. The van der Waals surface area contributed by atoms with Crippen LogP contribution in [-0.2, 0) is 13.7 Å². The summed E-state index contributed by atoms with van der Waals surface area (Å²) in [5.74, 6) is 1.64. The second-order valence-electron chi connectivity index (χ2n) is 4.81. The lowest BCUT2D eigenvalue weighted by atomic mass is 10.1. The second-order valence-corrected chi connectivity index (χ2v) is 6.11. The maximum absolute atomic E-state index is 5.99. The van der Waals surface area contributed by atoms with Crippen LogP contribution in [0.25, 0.3) is 0 Å². The Morgan fingerprint density at radius 3 is 2.86 bits per heavy atom. The lowest BCUT2D eigenvalue weighted by Gasteiger charge is -2.18. The lowest BCUT2D eigenvalue weighted by Crippen LogP contribution is -2.18. The van der Waals surface area contributed by atoms with E-state index < -0.39 is 0 Å². The zero-order valence-electron chi connectivity index (χ0n) is 12.4. The van der Waals surface area contributed by atoms with E-state index in [0.29, 0.717) is 11.8 Å². The molecule has 1 atom stereocenters. The molecule has 114 valence electrons. The number of nitrogens with zero attached hydrogens (tertiary/aromatic N) is 2. The van der Waals surface area contributed by atoms with Crippen LogP contribution in [0.3, 0.4) is 0 Å². The third kappa shape index (κ3) is 3.99. The van der Waals surface area contributed by atoms with Crippen LogP contribution in [0, 0.1) is 0 Å². The minimum absolute atomic E-state index is 0.225. The quantitative estimate of drug-likeness (QED) is 0.830. The molecule has 1 heterocycles. The molecule has 21 heavy (non-hydrogen) atoms. The smallest absolute Gasteiger partial charge is 0.147 e. The van der Waals surface area contributed by atoms with E-state index in [9.17, 15) is 0 Å². The molecule has 0 spiro atoms. The fraction of sp³-hybridized carbons (Fsp3) is 0.400. The summed E-state index contributed by atoms with van der Waals surface area (Å²) < 4.78 is 8.75. The van der Waals surface area contributed by atoms with Gasteiger partial charge < -0.3 is 14.6 Å². The van der Waals surface area contributed by atoms with Crippen molar-refractivity contribution < 1.29 is 4.74 Å². The van der Waals surface area contributed by atoms with Crippen molar-refractivity contribution in [3.8, 4) is 5.75 Å². The molecule has 1 unspecified atom stereocenters. The van der Waals surface area contributed by atoms with Crippen LogP contribution in [-0.4, -0.2) is 16.1 Å². The molecule has 1 aromatic carbocycles. The molecule has 0 saturated carbocycles. The van der Waals surface area contributed by atoms with Crippen LogP contribution in [0.5, 0.6) is 5.75 Å². The van der Waals surface area contributed by atoms with Gasteiger partial charge in [0.1, 0.15) is 23.3 Å². The SMILES string of the molecule is CCNC(C)c1ccc(Br)cc1OCc1ncc(Cl)n1C. The Kier molecular flexibility index (Phi) is 5.67. The van der Waals surface area contributed by atoms with Crippen LogP contribution < -0.4 is 10.1 Å². The van der Waals surface area contributed by atoms with Gasteiger partial charge in [-0.15, -0.1) is 0 Å². The van der Waals surface area contributed by atoms with E-state index in [1.165, 1.54) is 0 Å². The number of ether oxygens (including phenoxy) is 1. The maximum atomic E-state index is 5.99. The van der Waals surface area contributed by atoms with Crippen LogP contribution in [0.1, 0.15) is 31.3 Å². The monoisotopic (exact) mass is 371 g/mol. The first-order valence-corrected chi connectivity index (χ1v) is 8.01. The topological polar surface area (TPSA) is 39.1 Å². The zero-order chi connectivity index (χ0) is 15.4. The summed E-state index contributed by atoms with van der Waals surface area (Å²) in [5, 5.41) is 4.00. The molecule has 1 aromatic heterocycles. The first-order valence-electron chi connectivity index (χ1n) is 6.84. The number of hydrogen-bond acceptors (Lipinski definition) is 3. The van der Waals surface area contributed by atoms with Gasteiger partial charge in [0.2, 0.25) is 0 Å². The molecule has 0 saturated heterocycles. The highest BCUT2D eigenvalue weighted by atomic mass is 79.9. The fourth-order valence-corrected chi connectivity index (χ4v) is 2.59. The minimum Gasteiger partial charge on any atom is -0.485 e. The van der Waals surface area contributed by atoms with E-state index in [0.717, 1.165) is 28.2 Å². The van der Waals surface area contributed by atoms with E-state index in [-0.39, 0.29) is 6.04 Å². The Hall–Kier alpha value is -1.04. The summed E-state index contributed by atoms with van der Waals surface area (Å²) in [6, 6.07) is 6.29. The molecule has 2 aromatic rings. The van der Waals surface area contributed by atoms with Crippen molar-refractivity contribution in [2.24, 2.45) is 7.05 Å². The third-order valence-corrected chi connectivity index (χ3v) is 4.18. The van der Waals surface area contributed by atoms with Crippen molar-refractivity contribution >= 4 is 27.5 Å². The van der Waals surface area contributed by atoms with E-state index in [4.69, 9.17) is 16.3 Å². The number of rotatable bonds is 6. The molecule has 0 aliphatic rings. The van der Waals surface area contributed by atoms with Gasteiger partial charge in [-0.2, -0.15) is 0 Å². The van der Waals surface area contributed by atoms with Gasteiger partial charge >= 0.3 is 0 Å². The zero-order valence-corrected chi connectivity index (χ0v) is 14.7. The van der Waals surface area contributed by atoms with E-state index in [1.807, 2.05) is 23.7 Å². The van der Waals surface area contributed by atoms with Gasteiger partial charge in [0.15, 0.2) is 0 Å². The normalized spacial score (nSPS) is 12.4. The highest BCUT2D eigenvalue weighted by molar-refractivity contribution is 9.10. The molecule has 0 aliphatic heterocycles. The summed E-state index contributed by atoms with van der Waals surface area (Å²) in [6.45, 7) is 5.50. The van der Waals surface area contributed by atoms with E-state index >= 15 is 0 Å². The average molecular weight is 373 g/mol. The molecular weight excluding hydrogens is 354 g/mol. The fourth-order valence-electron chi connectivity index (χ4n) is 2.11. The van der Waals surface area contributed by atoms with Crippen molar-refractivity contribution in [1.82, 2.24) is 14.9 Å². The lowest BCUT2D eigenvalue weighted by molar-refractivity contribution is 0.286. The van der Waals surface area contributed by atoms with Gasteiger partial charge in [-0.1, -0.05) is 40.5 Å². The van der Waals surface area contributed by atoms with Crippen molar-refractivity contribution in [3.63, 3.8) is 0 Å². The highest BCUT2D eigenvalue weighted by Gasteiger charge is 2.13. The van der Waals surface area contributed by atoms with Gasteiger partial charge in [-0.25, -0.2) is 4.98 Å². The standard InChI is InChI=1S/C15H19BrClN3O/c1-4-18-10(2)12-6-5-11(16)7-13(12)21-9-15-19-8-14(17)20(15)3/h5-8,10,18H,4,9H2,1-3H3. The number of benzene rings is 1. The second kappa shape index (κ2) is 7.29. The van der Waals surface area contributed by atoms with E-state index in [2.05, 4.69) is 46.1 Å². The van der Waals surface area contributed by atoms with Crippen LogP contribution in [0.4, 0.5) is 0 Å². The van der Waals surface area contributed by atoms with Crippen LogP contribution >= 0.6 is 27.5 Å². The van der Waals surface area contributed by atoms with Gasteiger partial charge in [-0.3, -0.25) is 0 Å². The van der Waals surface area contributed by atoms with Crippen molar-refractivity contribution in [2.75, 3.05) is 6.54 Å². The molecule has 6 heteroatoms. The summed E-state index contributed by atoms with van der Waals surface area (Å²) >= 11 is 9.47. The van der Waals surface area contributed by atoms with Gasteiger partial charge in [0.05, 0.1) is 6.20 Å². The molecule has 0 aliphatic carbocycles. The number of hydrogen-bond donors (Lipinski definition) is 1. The molecule has 4 nitrogen and oxygen atoms in total. The molecule has 1 N–H and O–H groups in total. The van der Waals surface area contributed by atoms with Crippen molar-refractivity contribution in [3.05, 3.63) is 45.4 Å². The predicted octanol–water partition coefficient (Wildman–Crippen LogP) is 4.09. The Morgan fingerprint density at radius 2 is 2.24 bits per heavy atom. The maximum Gasteiger partial charge on any atom is 0.147 e. The summed E-state index contributed by atoms with van der Waals surface area (Å²) in [5.41, 5.74) is 1.13. The largest absolute Gasteiger partial charge is 0.485 e. The summed E-state index contributed by atoms with van der Waals surface area (Å²) in [4.78, 5) is 4.24. The summed E-state index contributed by atoms with van der Waals surface area (Å²) in [6.07, 6.45) is 1.63. The van der Waals surface area contributed by atoms with Gasteiger partial charge in [-0.05, 0) is 25.6 Å². The average Bonchev–Trinajstić information content (AvgIpc) is 2.77. The van der Waals surface area contributed by atoms with Gasteiger partial charge in [0, 0.05) is 23.1 Å². The Morgan fingerprint density at radius 1 is 1.48 bits per heavy atom. The third-order valence-electron chi connectivity index (χ3n) is 3.34. The Balaban J connectivity index is 2.18. The van der Waals surface area contributed by atoms with Crippen LogP contribution in [0.15, 0.2) is 28.9 Å². The number of imidazole rings is 1. The number of nitrogens with one attached hydrogen (secondary N) is 1. The Labute approximate surface area is 138 Å². The molecule has 0 fully saturated rings. The van der Waals surface area contributed by atoms with Gasteiger partial charge in [0.25, 0.3) is 0 Å². The van der Waals surface area contributed by atoms with E-state index in [1.54, 1.807) is 6.20 Å². The highest BCUT2D eigenvalue weighted by Crippen LogP contribution is 2.29. The van der Waals surface area contributed by atoms with Crippen molar-refractivity contribution in [1.29, 1.82) is 0 Å². The first-order chi connectivity index (χ1) is 10.0. The van der Waals surface area contributed by atoms with Crippen LogP contribution in [0.2, 0.25) is 5.15 Å². The molecule has 0 radical (unpaired) electrons. The molecule has 0 amide bonds. The summed E-state index contributed by atoms with van der Waals surface area (Å²) in [7, 11) is 1.87. The molecule has 2 rings (SSSR count). The first kappa shape index (κ1) is 16.3. The number of aromatic nitrogens is 2. The number of halogens is 2. The molecule has 0 bridgehead atoms. The van der Waals surface area contributed by atoms with Crippen molar-refractivity contribution in [2.45, 2.75) is 26.5 Å². The minimum atomic E-state index is 0.225. The Bertz CT molecular complexity index is 615. The predicted molar refractivity (Wildman–Crippen MR) is 88.8 cm³/mol.